The number of piperazine rings is 1. The molecule has 1 aliphatic heterocycles. The van der Waals surface area contributed by atoms with Crippen LogP contribution in [-0.2, 0) is 6.18 Å². The van der Waals surface area contributed by atoms with E-state index in [1.54, 1.807) is 11.0 Å². The zero-order valence-corrected chi connectivity index (χ0v) is 11.2. The van der Waals surface area contributed by atoms with Crippen molar-refractivity contribution in [3.63, 3.8) is 0 Å². The molecule has 0 aromatic carbocycles. The predicted molar refractivity (Wildman–Crippen MR) is 71.3 cm³/mol. The lowest BCUT2D eigenvalue weighted by Gasteiger charge is -2.35. The number of nitrogens with zero attached hydrogens (tertiary/aromatic N) is 4. The molecule has 0 radical (unpaired) electrons. The molecule has 0 saturated carbocycles. The van der Waals surface area contributed by atoms with E-state index in [4.69, 9.17) is 10.9 Å². The van der Waals surface area contributed by atoms with Crippen LogP contribution in [0, 0.1) is 0 Å². The maximum atomic E-state index is 12.6. The molecule has 6 nitrogen and oxygen atoms in total. The van der Waals surface area contributed by atoms with E-state index in [1.165, 1.54) is 6.07 Å². The molecular weight excluding hydrogens is 287 g/mol. The number of anilines is 1. The first kappa shape index (κ1) is 15.4. The second kappa shape index (κ2) is 6.17. The first-order valence-electron chi connectivity index (χ1n) is 6.38. The van der Waals surface area contributed by atoms with Gasteiger partial charge in [0.25, 0.3) is 0 Å². The number of nitrogens with two attached hydrogens (primary N) is 1. The summed E-state index contributed by atoms with van der Waals surface area (Å²) in [5, 5.41) is 11.4. The van der Waals surface area contributed by atoms with Crippen LogP contribution in [0.15, 0.2) is 23.4 Å². The highest BCUT2D eigenvalue weighted by Crippen LogP contribution is 2.29. The van der Waals surface area contributed by atoms with Crippen LogP contribution in [0.5, 0.6) is 0 Å². The third kappa shape index (κ3) is 3.97. The average molecular weight is 303 g/mol. The molecule has 1 saturated heterocycles. The average Bonchev–Trinajstić information content (AvgIpc) is 2.47. The van der Waals surface area contributed by atoms with Gasteiger partial charge in [0.2, 0.25) is 0 Å². The summed E-state index contributed by atoms with van der Waals surface area (Å²) in [5.41, 5.74) is 4.53. The van der Waals surface area contributed by atoms with Crippen LogP contribution in [0.2, 0.25) is 0 Å². The smallest absolute Gasteiger partial charge is 0.409 e. The molecule has 1 aromatic rings. The minimum absolute atomic E-state index is 0.112. The van der Waals surface area contributed by atoms with Crippen molar-refractivity contribution in [3.05, 3.63) is 23.9 Å². The van der Waals surface area contributed by atoms with Crippen LogP contribution in [-0.4, -0.2) is 53.7 Å². The normalized spacial score (nSPS) is 18.0. The zero-order chi connectivity index (χ0) is 15.5. The van der Waals surface area contributed by atoms with Crippen molar-refractivity contribution < 1.29 is 18.4 Å². The highest BCUT2D eigenvalue weighted by molar-refractivity contribution is 5.81. The largest absolute Gasteiger partial charge is 0.433 e. The molecule has 0 aliphatic carbocycles. The van der Waals surface area contributed by atoms with Gasteiger partial charge in [-0.25, -0.2) is 4.98 Å². The summed E-state index contributed by atoms with van der Waals surface area (Å²) in [6, 6.07) is 3.88. The van der Waals surface area contributed by atoms with Crippen molar-refractivity contribution in [2.45, 2.75) is 6.18 Å². The van der Waals surface area contributed by atoms with Gasteiger partial charge in [0.1, 0.15) is 11.5 Å². The van der Waals surface area contributed by atoms with Crippen molar-refractivity contribution in [3.8, 4) is 0 Å². The lowest BCUT2D eigenvalue weighted by molar-refractivity contribution is -0.141. The molecule has 0 unspecified atom stereocenters. The van der Waals surface area contributed by atoms with Gasteiger partial charge in [-0.3, -0.25) is 4.90 Å². The fourth-order valence-electron chi connectivity index (χ4n) is 2.15. The van der Waals surface area contributed by atoms with Gasteiger partial charge in [-0.05, 0) is 12.1 Å². The van der Waals surface area contributed by atoms with Crippen LogP contribution in [0.1, 0.15) is 5.69 Å². The Labute approximate surface area is 119 Å². The minimum atomic E-state index is -4.44. The second-order valence-electron chi connectivity index (χ2n) is 4.73. The SMILES string of the molecule is NC(CN1CCN(c2cccc(C(F)(F)F)n2)CC1)=NO. The molecule has 0 amide bonds. The van der Waals surface area contributed by atoms with Crippen molar-refractivity contribution in [2.75, 3.05) is 37.6 Å². The molecule has 2 heterocycles. The number of pyridine rings is 1. The third-order valence-electron chi connectivity index (χ3n) is 3.24. The van der Waals surface area contributed by atoms with Crippen molar-refractivity contribution in [1.82, 2.24) is 9.88 Å². The number of amidine groups is 1. The van der Waals surface area contributed by atoms with Crippen molar-refractivity contribution in [2.24, 2.45) is 10.9 Å². The predicted octanol–water partition coefficient (Wildman–Crippen LogP) is 0.969. The number of halogens is 3. The monoisotopic (exact) mass is 303 g/mol. The quantitative estimate of drug-likeness (QED) is 0.376. The van der Waals surface area contributed by atoms with Crippen molar-refractivity contribution >= 4 is 11.7 Å². The summed E-state index contributed by atoms with van der Waals surface area (Å²) >= 11 is 0. The summed E-state index contributed by atoms with van der Waals surface area (Å²) in [6.07, 6.45) is -4.44. The maximum Gasteiger partial charge on any atom is 0.433 e. The summed E-state index contributed by atoms with van der Waals surface area (Å²) in [7, 11) is 0. The van der Waals surface area contributed by atoms with E-state index in [1.807, 2.05) is 4.90 Å². The Morgan fingerprint density at radius 3 is 2.52 bits per heavy atom. The molecule has 0 spiro atoms. The Morgan fingerprint density at radius 2 is 1.95 bits per heavy atom. The van der Waals surface area contributed by atoms with Gasteiger partial charge < -0.3 is 15.8 Å². The van der Waals surface area contributed by atoms with Crippen LogP contribution >= 0.6 is 0 Å². The maximum absolute atomic E-state index is 12.6. The molecule has 0 bridgehead atoms. The Hall–Kier alpha value is -2.03. The number of oxime groups is 1. The molecule has 1 fully saturated rings. The molecular formula is C12H16F3N5O. The number of aromatic nitrogens is 1. The zero-order valence-electron chi connectivity index (χ0n) is 11.2. The molecule has 2 rings (SSSR count). The molecule has 1 aliphatic rings. The van der Waals surface area contributed by atoms with E-state index in [9.17, 15) is 13.2 Å². The first-order chi connectivity index (χ1) is 9.90. The van der Waals surface area contributed by atoms with Gasteiger partial charge in [-0.1, -0.05) is 11.2 Å². The van der Waals surface area contributed by atoms with E-state index in [0.29, 0.717) is 38.5 Å². The third-order valence-corrected chi connectivity index (χ3v) is 3.24. The highest BCUT2D eigenvalue weighted by Gasteiger charge is 2.33. The molecule has 3 N–H and O–H groups in total. The number of hydrogen-bond donors (Lipinski definition) is 2. The first-order valence-corrected chi connectivity index (χ1v) is 6.38. The molecule has 21 heavy (non-hydrogen) atoms. The number of alkyl halides is 3. The minimum Gasteiger partial charge on any atom is -0.409 e. The van der Waals surface area contributed by atoms with Gasteiger partial charge in [0, 0.05) is 26.2 Å². The van der Waals surface area contributed by atoms with Crippen LogP contribution in [0.3, 0.4) is 0 Å². The molecule has 116 valence electrons. The van der Waals surface area contributed by atoms with E-state index in [0.717, 1.165) is 6.07 Å². The Morgan fingerprint density at radius 1 is 1.29 bits per heavy atom. The standard InChI is InChI=1S/C12H16F3N5O/c13-12(14,15)9-2-1-3-11(17-9)20-6-4-19(5-7-20)8-10(16)18-21/h1-3,21H,4-8H2,(H2,16,18). The topological polar surface area (TPSA) is 78.0 Å². The Balaban J connectivity index is 1.99. The highest BCUT2D eigenvalue weighted by atomic mass is 19.4. The van der Waals surface area contributed by atoms with Gasteiger partial charge in [-0.15, -0.1) is 0 Å². The van der Waals surface area contributed by atoms with Crippen molar-refractivity contribution in [1.29, 1.82) is 0 Å². The Kier molecular flexibility index (Phi) is 4.51. The van der Waals surface area contributed by atoms with Crippen LogP contribution < -0.4 is 10.6 Å². The Bertz CT molecular complexity index is 512. The van der Waals surface area contributed by atoms with E-state index in [-0.39, 0.29) is 5.84 Å². The summed E-state index contributed by atoms with van der Waals surface area (Å²) in [5.74, 6) is 0.425. The van der Waals surface area contributed by atoms with E-state index < -0.39 is 11.9 Å². The van der Waals surface area contributed by atoms with Gasteiger partial charge in [-0.2, -0.15) is 13.2 Å². The summed E-state index contributed by atoms with van der Waals surface area (Å²) in [4.78, 5) is 7.41. The summed E-state index contributed by atoms with van der Waals surface area (Å²) in [6.45, 7) is 2.61. The molecule has 0 atom stereocenters. The van der Waals surface area contributed by atoms with E-state index >= 15 is 0 Å². The van der Waals surface area contributed by atoms with Gasteiger partial charge in [0.05, 0.1) is 6.54 Å². The molecule has 1 aromatic heterocycles. The lowest BCUT2D eigenvalue weighted by Crippen LogP contribution is -2.49. The number of rotatable bonds is 3. The van der Waals surface area contributed by atoms with Gasteiger partial charge >= 0.3 is 6.18 Å². The van der Waals surface area contributed by atoms with Crippen LogP contribution in [0.25, 0.3) is 0 Å². The summed E-state index contributed by atoms with van der Waals surface area (Å²) < 4.78 is 37.9. The number of hydrogen-bond acceptors (Lipinski definition) is 5. The fourth-order valence-corrected chi connectivity index (χ4v) is 2.15. The second-order valence-corrected chi connectivity index (χ2v) is 4.73. The lowest BCUT2D eigenvalue weighted by atomic mass is 10.2. The molecule has 9 heteroatoms. The van der Waals surface area contributed by atoms with E-state index in [2.05, 4.69) is 10.1 Å². The fraction of sp³-hybridized carbons (Fsp3) is 0.500. The van der Waals surface area contributed by atoms with Crippen LogP contribution in [0.4, 0.5) is 19.0 Å². The van der Waals surface area contributed by atoms with Gasteiger partial charge in [0.15, 0.2) is 5.84 Å².